The number of hydrogen-bond acceptors (Lipinski definition) is 3. The van der Waals surface area contributed by atoms with Crippen molar-refractivity contribution in [2.24, 2.45) is 7.05 Å². The van der Waals surface area contributed by atoms with Gasteiger partial charge in [-0.2, -0.15) is 0 Å². The number of methoxy groups -OCH3 is 2. The lowest BCUT2D eigenvalue weighted by atomic mass is 10.0. The monoisotopic (exact) mass is 275 g/mol. The van der Waals surface area contributed by atoms with Gasteiger partial charge in [-0.1, -0.05) is 6.07 Å². The van der Waals surface area contributed by atoms with Crippen molar-refractivity contribution in [1.82, 2.24) is 4.57 Å². The molecule has 0 radical (unpaired) electrons. The standard InChI is InChI=1S/C15H19N2O3/c1-11(18)15(17-8-7-16(2)10-17)12-5-6-13(19-3)14(9-12)20-4/h5-10,15H,1-4H3/q+1. The third kappa shape index (κ3) is 2.66. The topological polar surface area (TPSA) is 44.3 Å². The summed E-state index contributed by atoms with van der Waals surface area (Å²) >= 11 is 0. The largest absolute Gasteiger partial charge is 0.493 e. The average Bonchev–Trinajstić information content (AvgIpc) is 2.84. The van der Waals surface area contributed by atoms with Gasteiger partial charge in [0, 0.05) is 5.56 Å². The van der Waals surface area contributed by atoms with E-state index in [2.05, 4.69) is 0 Å². The smallest absolute Gasteiger partial charge is 0.244 e. The molecule has 0 bridgehead atoms. The summed E-state index contributed by atoms with van der Waals surface area (Å²) in [6.45, 7) is 1.58. The fourth-order valence-corrected chi connectivity index (χ4v) is 2.26. The van der Waals surface area contributed by atoms with E-state index in [1.54, 1.807) is 21.1 Å². The predicted octanol–water partition coefficient (Wildman–Crippen LogP) is 1.51. The van der Waals surface area contributed by atoms with Crippen LogP contribution in [0.3, 0.4) is 0 Å². The number of carbonyl (C=O) groups excluding carboxylic acids is 1. The average molecular weight is 275 g/mol. The van der Waals surface area contributed by atoms with Crippen molar-refractivity contribution in [2.45, 2.75) is 13.0 Å². The number of ketones is 1. The molecule has 0 fully saturated rings. The van der Waals surface area contributed by atoms with Gasteiger partial charge in [0.05, 0.1) is 21.3 Å². The minimum atomic E-state index is -0.365. The van der Waals surface area contributed by atoms with Gasteiger partial charge in [-0.25, -0.2) is 9.13 Å². The summed E-state index contributed by atoms with van der Waals surface area (Å²) in [6.07, 6.45) is 5.66. The van der Waals surface area contributed by atoms with Gasteiger partial charge in [0.15, 0.2) is 23.3 Å². The van der Waals surface area contributed by atoms with Gasteiger partial charge < -0.3 is 9.47 Å². The first-order chi connectivity index (χ1) is 9.56. The van der Waals surface area contributed by atoms with E-state index in [-0.39, 0.29) is 11.8 Å². The van der Waals surface area contributed by atoms with Crippen LogP contribution in [0, 0.1) is 0 Å². The molecular weight excluding hydrogens is 256 g/mol. The number of ether oxygens (including phenoxy) is 2. The fraction of sp³-hybridized carbons (Fsp3) is 0.333. The number of rotatable bonds is 5. The molecule has 1 aromatic heterocycles. The highest BCUT2D eigenvalue weighted by Gasteiger charge is 2.25. The molecule has 1 unspecified atom stereocenters. The van der Waals surface area contributed by atoms with E-state index in [0.29, 0.717) is 11.5 Å². The molecule has 0 saturated heterocycles. The molecule has 0 aliphatic heterocycles. The molecule has 0 aliphatic rings. The molecule has 0 amide bonds. The number of aryl methyl sites for hydroxylation is 1. The summed E-state index contributed by atoms with van der Waals surface area (Å²) in [4.78, 5) is 12.0. The van der Waals surface area contributed by atoms with Crippen molar-refractivity contribution in [1.29, 1.82) is 0 Å². The van der Waals surface area contributed by atoms with Crippen LogP contribution in [0.4, 0.5) is 0 Å². The zero-order chi connectivity index (χ0) is 14.7. The zero-order valence-electron chi connectivity index (χ0n) is 12.2. The number of hydrogen-bond donors (Lipinski definition) is 0. The van der Waals surface area contributed by atoms with Crippen LogP contribution in [0.1, 0.15) is 18.5 Å². The molecule has 106 valence electrons. The van der Waals surface area contributed by atoms with Crippen LogP contribution in [0.5, 0.6) is 11.5 Å². The summed E-state index contributed by atoms with van der Waals surface area (Å²) in [5.41, 5.74) is 0.867. The molecule has 1 atom stereocenters. The molecule has 2 rings (SSSR count). The Morgan fingerprint density at radius 3 is 2.45 bits per heavy atom. The summed E-state index contributed by atoms with van der Waals surface area (Å²) in [5.74, 6) is 1.33. The zero-order valence-corrected chi connectivity index (χ0v) is 12.2. The summed E-state index contributed by atoms with van der Waals surface area (Å²) in [7, 11) is 5.09. The highest BCUT2D eigenvalue weighted by Crippen LogP contribution is 2.31. The Hall–Kier alpha value is -2.30. The molecule has 1 aromatic carbocycles. The van der Waals surface area contributed by atoms with Crippen LogP contribution in [0.25, 0.3) is 0 Å². The molecule has 1 heterocycles. The van der Waals surface area contributed by atoms with Gasteiger partial charge in [0.2, 0.25) is 6.33 Å². The van der Waals surface area contributed by atoms with Gasteiger partial charge in [-0.3, -0.25) is 4.79 Å². The molecule has 0 saturated carbocycles. The number of nitrogens with zero attached hydrogens (tertiary/aromatic N) is 2. The van der Waals surface area contributed by atoms with Gasteiger partial charge >= 0.3 is 0 Å². The van der Waals surface area contributed by atoms with Crippen LogP contribution in [-0.4, -0.2) is 24.6 Å². The number of imidazole rings is 1. The molecule has 5 heteroatoms. The first-order valence-corrected chi connectivity index (χ1v) is 6.32. The molecule has 2 aromatic rings. The second-order valence-electron chi connectivity index (χ2n) is 4.65. The Labute approximate surface area is 118 Å². The normalized spacial score (nSPS) is 12.0. The van der Waals surface area contributed by atoms with E-state index < -0.39 is 0 Å². The van der Waals surface area contributed by atoms with Gasteiger partial charge in [0.25, 0.3) is 0 Å². The fourth-order valence-electron chi connectivity index (χ4n) is 2.26. The molecule has 0 spiro atoms. The van der Waals surface area contributed by atoms with Crippen LogP contribution in [-0.2, 0) is 11.8 Å². The molecular formula is C15H19N2O3+. The van der Waals surface area contributed by atoms with Crippen molar-refractivity contribution in [2.75, 3.05) is 14.2 Å². The van der Waals surface area contributed by atoms with E-state index >= 15 is 0 Å². The minimum Gasteiger partial charge on any atom is -0.493 e. The number of Topliss-reactive ketones (excluding diaryl/α,β-unsaturated/α-hetero) is 1. The van der Waals surface area contributed by atoms with E-state index in [4.69, 9.17) is 9.47 Å². The summed E-state index contributed by atoms with van der Waals surface area (Å²) in [5, 5.41) is 0. The maximum Gasteiger partial charge on any atom is 0.244 e. The molecule has 20 heavy (non-hydrogen) atoms. The highest BCUT2D eigenvalue weighted by atomic mass is 16.5. The number of aromatic nitrogens is 2. The lowest BCUT2D eigenvalue weighted by Crippen LogP contribution is -2.26. The maximum atomic E-state index is 12.0. The molecule has 0 N–H and O–H groups in total. The lowest BCUT2D eigenvalue weighted by Gasteiger charge is -2.14. The Kier molecular flexibility index (Phi) is 4.08. The maximum absolute atomic E-state index is 12.0. The number of carbonyl (C=O) groups is 1. The lowest BCUT2D eigenvalue weighted by molar-refractivity contribution is -0.671. The predicted molar refractivity (Wildman–Crippen MR) is 74.0 cm³/mol. The van der Waals surface area contributed by atoms with Crippen molar-refractivity contribution >= 4 is 5.78 Å². The van der Waals surface area contributed by atoms with E-state index in [0.717, 1.165) is 5.56 Å². The Morgan fingerprint density at radius 1 is 1.25 bits per heavy atom. The van der Waals surface area contributed by atoms with Crippen LogP contribution < -0.4 is 14.0 Å². The second kappa shape index (κ2) is 5.77. The SMILES string of the molecule is COc1ccc(C(C(C)=O)n2cc[n+](C)c2)cc1OC. The van der Waals surface area contributed by atoms with Gasteiger partial charge in [0.1, 0.15) is 12.4 Å². The summed E-state index contributed by atoms with van der Waals surface area (Å²) in [6, 6.07) is 5.17. The third-order valence-electron chi connectivity index (χ3n) is 3.20. The van der Waals surface area contributed by atoms with E-state index in [1.165, 1.54) is 0 Å². The Balaban J connectivity index is 2.47. The van der Waals surface area contributed by atoms with E-state index in [1.807, 2.05) is 53.1 Å². The van der Waals surface area contributed by atoms with Crippen LogP contribution >= 0.6 is 0 Å². The first-order valence-electron chi connectivity index (χ1n) is 6.32. The summed E-state index contributed by atoms with van der Waals surface area (Å²) < 4.78 is 14.3. The minimum absolute atomic E-state index is 0.0634. The Bertz CT molecular complexity index is 619. The van der Waals surface area contributed by atoms with Crippen LogP contribution in [0.15, 0.2) is 36.9 Å². The molecule has 0 aliphatic carbocycles. The Morgan fingerprint density at radius 2 is 1.95 bits per heavy atom. The highest BCUT2D eigenvalue weighted by molar-refractivity contribution is 5.83. The van der Waals surface area contributed by atoms with Gasteiger partial charge in [-0.05, 0) is 19.1 Å². The van der Waals surface area contributed by atoms with Crippen molar-refractivity contribution in [3.8, 4) is 11.5 Å². The molecule has 5 nitrogen and oxygen atoms in total. The van der Waals surface area contributed by atoms with Crippen molar-refractivity contribution < 1.29 is 18.8 Å². The quantitative estimate of drug-likeness (QED) is 0.777. The van der Waals surface area contributed by atoms with Crippen LogP contribution in [0.2, 0.25) is 0 Å². The van der Waals surface area contributed by atoms with E-state index in [9.17, 15) is 4.79 Å². The van der Waals surface area contributed by atoms with Gasteiger partial charge in [-0.15, -0.1) is 0 Å². The first kappa shape index (κ1) is 14.1. The number of benzene rings is 1. The van der Waals surface area contributed by atoms with Crippen molar-refractivity contribution in [3.05, 3.63) is 42.5 Å². The third-order valence-corrected chi connectivity index (χ3v) is 3.20. The second-order valence-corrected chi connectivity index (χ2v) is 4.65. The van der Waals surface area contributed by atoms with Crippen molar-refractivity contribution in [3.63, 3.8) is 0 Å².